The van der Waals surface area contributed by atoms with Gasteiger partial charge in [0.2, 0.25) is 0 Å². The third kappa shape index (κ3) is 5.82. The molecule has 2 aromatic rings. The number of carboxylic acid groups (broad SMARTS) is 1. The van der Waals surface area contributed by atoms with Gasteiger partial charge < -0.3 is 45.4 Å². The number of oxime groups is 1. The zero-order valence-electron chi connectivity index (χ0n) is 23.2. The van der Waals surface area contributed by atoms with Crippen LogP contribution in [-0.2, 0) is 19.2 Å². The first kappa shape index (κ1) is 30.1. The fourth-order valence-corrected chi connectivity index (χ4v) is 7.19. The number of aromatic hydroxyl groups is 2. The van der Waals surface area contributed by atoms with E-state index >= 15 is 0 Å². The van der Waals surface area contributed by atoms with Gasteiger partial charge in [-0.15, -0.1) is 23.1 Å². The number of amides is 3. The molecule has 0 saturated carbocycles. The molecule has 5 N–H and O–H groups in total. The monoisotopic (exact) mass is 631 g/mol. The number of thioether (sulfide) groups is 1. The number of likely N-dealkylation sites (N-methyl/N-ethyl adjacent to an activating group) is 1. The van der Waals surface area contributed by atoms with Crippen LogP contribution in [0.15, 0.2) is 40.0 Å². The summed E-state index contributed by atoms with van der Waals surface area (Å²) in [4.78, 5) is 63.0. The van der Waals surface area contributed by atoms with E-state index < -0.39 is 29.2 Å². The highest BCUT2D eigenvalue weighted by Crippen LogP contribution is 2.41. The second kappa shape index (κ2) is 11.7. The molecular weight excluding hydrogens is 602 g/mol. The lowest BCUT2D eigenvalue weighted by Gasteiger charge is -2.51. The number of piperazine rings is 1. The highest BCUT2D eigenvalue weighted by atomic mass is 32.2. The number of thiazole rings is 1. The van der Waals surface area contributed by atoms with Crippen LogP contribution >= 0.6 is 23.1 Å². The van der Waals surface area contributed by atoms with Gasteiger partial charge in [0.25, 0.3) is 17.7 Å². The first-order valence-electron chi connectivity index (χ1n) is 13.1. The predicted octanol–water partition coefficient (Wildman–Crippen LogP) is -1.51. The number of hydrogen-bond donors (Lipinski definition) is 4. The van der Waals surface area contributed by atoms with Crippen LogP contribution in [0, 0.1) is 0 Å². The molecule has 3 aliphatic rings. The van der Waals surface area contributed by atoms with Gasteiger partial charge in [-0.05, 0) is 18.2 Å². The SMILES string of the molecule is CON=C(C(=O)N[C@@H]1C(=O)N2C(C(=O)[O-])=C(C[N+]3(C)CCN(C(=O)c4ccc(O)c(O)c4)CC3)CS[C@H]12)c1csc(N)n1. The normalized spacial score (nSPS) is 21.6. The Hall–Kier alpha value is -4.35. The van der Waals surface area contributed by atoms with Crippen LogP contribution in [-0.4, -0.2) is 123 Å². The van der Waals surface area contributed by atoms with Crippen molar-refractivity contribution in [3.8, 4) is 11.5 Å². The number of fused-ring (bicyclic) bond motifs is 1. The third-order valence-electron chi connectivity index (χ3n) is 7.59. The number of carbonyl (C=O) groups excluding carboxylic acids is 4. The van der Waals surface area contributed by atoms with E-state index in [2.05, 4.69) is 15.5 Å². The zero-order valence-corrected chi connectivity index (χ0v) is 24.8. The van der Waals surface area contributed by atoms with Crippen LogP contribution in [0.1, 0.15) is 16.1 Å². The van der Waals surface area contributed by atoms with Gasteiger partial charge in [0.1, 0.15) is 30.8 Å². The molecule has 43 heavy (non-hydrogen) atoms. The van der Waals surface area contributed by atoms with Crippen molar-refractivity contribution in [1.29, 1.82) is 0 Å². The number of nitrogen functional groups attached to an aromatic ring is 1. The molecule has 228 valence electrons. The summed E-state index contributed by atoms with van der Waals surface area (Å²) in [5, 5.41) is 39.0. The quantitative estimate of drug-likeness (QED) is 0.0865. The second-order valence-corrected chi connectivity index (χ2v) is 12.5. The predicted molar refractivity (Wildman–Crippen MR) is 154 cm³/mol. The summed E-state index contributed by atoms with van der Waals surface area (Å²) in [6.45, 7) is 2.12. The van der Waals surface area contributed by atoms with Crippen molar-refractivity contribution < 1.29 is 43.8 Å². The van der Waals surface area contributed by atoms with Crippen molar-refractivity contribution in [2.75, 3.05) is 58.4 Å². The van der Waals surface area contributed by atoms with Crippen molar-refractivity contribution in [2.45, 2.75) is 11.4 Å². The summed E-state index contributed by atoms with van der Waals surface area (Å²) in [6, 6.07) is 2.91. The number of carbonyl (C=O) groups is 4. The largest absolute Gasteiger partial charge is 0.543 e. The molecule has 3 amide bonds. The third-order valence-corrected chi connectivity index (χ3v) is 9.60. The first-order chi connectivity index (χ1) is 20.4. The Kier molecular flexibility index (Phi) is 8.22. The number of nitrogens with two attached hydrogens (primary N) is 1. The molecule has 17 heteroatoms. The lowest BCUT2D eigenvalue weighted by atomic mass is 10.0. The molecular formula is C26H29N7O8S2. The number of aromatic nitrogens is 1. The number of quaternary nitrogens is 1. The molecule has 0 spiro atoms. The Balaban J connectivity index is 1.26. The molecule has 0 bridgehead atoms. The van der Waals surface area contributed by atoms with Crippen LogP contribution in [0.5, 0.6) is 11.5 Å². The molecule has 3 aliphatic heterocycles. The summed E-state index contributed by atoms with van der Waals surface area (Å²) in [7, 11) is 3.21. The molecule has 0 aliphatic carbocycles. The number of carboxylic acids is 1. The number of β-lactam (4-membered cyclic amide) rings is 1. The minimum Gasteiger partial charge on any atom is -0.543 e. The highest BCUT2D eigenvalue weighted by Gasteiger charge is 2.54. The van der Waals surface area contributed by atoms with Crippen molar-refractivity contribution >= 4 is 57.6 Å². The van der Waals surface area contributed by atoms with E-state index in [1.807, 2.05) is 7.05 Å². The summed E-state index contributed by atoms with van der Waals surface area (Å²) in [5.74, 6) is -3.47. The number of hydrogen-bond acceptors (Lipinski definition) is 13. The van der Waals surface area contributed by atoms with Gasteiger partial charge in [0, 0.05) is 22.3 Å². The number of anilines is 1. The van der Waals surface area contributed by atoms with Crippen molar-refractivity contribution in [3.05, 3.63) is 46.1 Å². The minimum absolute atomic E-state index is 0.170. The van der Waals surface area contributed by atoms with Gasteiger partial charge >= 0.3 is 0 Å². The van der Waals surface area contributed by atoms with Gasteiger partial charge in [0.15, 0.2) is 22.3 Å². The number of phenols is 2. The molecule has 5 rings (SSSR count). The van der Waals surface area contributed by atoms with Crippen LogP contribution in [0.4, 0.5) is 5.13 Å². The van der Waals surface area contributed by atoms with E-state index in [9.17, 15) is 34.5 Å². The first-order valence-corrected chi connectivity index (χ1v) is 15.0. The van der Waals surface area contributed by atoms with E-state index in [0.717, 1.165) is 16.2 Å². The maximum Gasteiger partial charge on any atom is 0.276 e. The number of nitrogens with one attached hydrogen (secondary N) is 1. The van der Waals surface area contributed by atoms with Crippen molar-refractivity contribution in [3.63, 3.8) is 0 Å². The lowest BCUT2D eigenvalue weighted by Crippen LogP contribution is -2.72. The van der Waals surface area contributed by atoms with E-state index in [0.29, 0.717) is 48.5 Å². The topological polar surface area (TPSA) is 211 Å². The average molecular weight is 632 g/mol. The maximum atomic E-state index is 13.2. The van der Waals surface area contributed by atoms with Gasteiger partial charge in [-0.2, -0.15) is 0 Å². The smallest absolute Gasteiger partial charge is 0.276 e. The fourth-order valence-electron chi connectivity index (χ4n) is 5.30. The Bertz CT molecular complexity index is 1550. The van der Waals surface area contributed by atoms with Gasteiger partial charge in [0.05, 0.1) is 44.9 Å². The summed E-state index contributed by atoms with van der Waals surface area (Å²) in [6.07, 6.45) is 0. The molecule has 0 radical (unpaired) electrons. The van der Waals surface area contributed by atoms with Gasteiger partial charge in [-0.25, -0.2) is 4.98 Å². The van der Waals surface area contributed by atoms with Gasteiger partial charge in [-0.1, -0.05) is 5.16 Å². The number of nitrogens with zero attached hydrogens (tertiary/aromatic N) is 5. The Morgan fingerprint density at radius 2 is 1.98 bits per heavy atom. The molecule has 4 heterocycles. The standard InChI is InChI=1S/C26H29N7O8S2/c1-33(7-5-31(6-8-33)22(37)13-3-4-16(34)17(35)9-13)10-14-11-42-24-19(23(38)32(24)20(14)25(39)40)29-21(36)18(30-41-2)15-12-43-26(27)28-15/h3-4,9,12,19,24H,5-8,10-11H2,1-2H3,(H5-,27,28,29,30,34,35,36,37,39,40)/t19-,24-/m1/s1. The molecule has 2 saturated heterocycles. The minimum atomic E-state index is -1.48. The maximum absolute atomic E-state index is 13.2. The number of rotatable bonds is 8. The van der Waals surface area contributed by atoms with E-state index in [4.69, 9.17) is 10.6 Å². The molecule has 15 nitrogen and oxygen atoms in total. The van der Waals surface area contributed by atoms with Crippen LogP contribution in [0.3, 0.4) is 0 Å². The molecule has 2 fully saturated rings. The summed E-state index contributed by atoms with van der Waals surface area (Å²) >= 11 is 2.44. The lowest BCUT2D eigenvalue weighted by molar-refractivity contribution is -0.908. The van der Waals surface area contributed by atoms with Crippen LogP contribution < -0.4 is 16.2 Å². The number of phenolic OH excluding ortho intramolecular Hbond substituents is 2. The molecule has 1 aromatic carbocycles. The van der Waals surface area contributed by atoms with Gasteiger partial charge in [-0.3, -0.25) is 19.3 Å². The Morgan fingerprint density at radius 3 is 2.58 bits per heavy atom. The zero-order chi connectivity index (χ0) is 31.1. The van der Waals surface area contributed by atoms with E-state index in [1.54, 1.807) is 4.90 Å². The average Bonchev–Trinajstić information content (AvgIpc) is 3.41. The molecule has 1 aromatic heterocycles. The number of aliphatic carboxylic acids is 1. The molecule has 2 atom stereocenters. The van der Waals surface area contributed by atoms with E-state index in [-0.39, 0.29) is 45.2 Å². The van der Waals surface area contributed by atoms with Crippen molar-refractivity contribution in [1.82, 2.24) is 20.1 Å². The second-order valence-electron chi connectivity index (χ2n) is 10.5. The highest BCUT2D eigenvalue weighted by molar-refractivity contribution is 8.00. The van der Waals surface area contributed by atoms with Crippen LogP contribution in [0.25, 0.3) is 0 Å². The summed E-state index contributed by atoms with van der Waals surface area (Å²) in [5.41, 5.74) is 6.25. The Labute approximate surface area is 253 Å². The Morgan fingerprint density at radius 1 is 1.26 bits per heavy atom. The fraction of sp³-hybridized carbons (Fsp3) is 0.385. The van der Waals surface area contributed by atoms with Crippen molar-refractivity contribution in [2.24, 2.45) is 5.16 Å². The van der Waals surface area contributed by atoms with E-state index in [1.165, 1.54) is 42.5 Å². The number of benzene rings is 1. The molecule has 0 unspecified atom stereocenters. The summed E-state index contributed by atoms with van der Waals surface area (Å²) < 4.78 is 0.428. The van der Waals surface area contributed by atoms with Crippen LogP contribution in [0.2, 0.25) is 0 Å².